The minimum Gasteiger partial charge on any atom is -0.303 e. The molecule has 0 amide bonds. The summed E-state index contributed by atoms with van der Waals surface area (Å²) in [5.74, 6) is -0.131. The van der Waals surface area contributed by atoms with Gasteiger partial charge < -0.3 is 4.79 Å². The SMILES string of the molecule is CC(C=O)c1cccc(-c2cccc(C(=O)c3ccccc3)c2)c1. The van der Waals surface area contributed by atoms with Crippen molar-refractivity contribution < 1.29 is 9.59 Å². The van der Waals surface area contributed by atoms with Crippen molar-refractivity contribution in [1.29, 1.82) is 0 Å². The third-order valence-corrected chi connectivity index (χ3v) is 4.11. The molecule has 3 aromatic carbocycles. The Kier molecular flexibility index (Phi) is 4.66. The molecule has 1 unspecified atom stereocenters. The Labute approximate surface area is 141 Å². The van der Waals surface area contributed by atoms with Gasteiger partial charge in [0.15, 0.2) is 5.78 Å². The number of carbonyl (C=O) groups is 2. The molecule has 0 aliphatic heterocycles. The van der Waals surface area contributed by atoms with Gasteiger partial charge in [-0.15, -0.1) is 0 Å². The van der Waals surface area contributed by atoms with E-state index in [-0.39, 0.29) is 11.7 Å². The van der Waals surface area contributed by atoms with Crippen LogP contribution in [0.5, 0.6) is 0 Å². The maximum absolute atomic E-state index is 12.6. The molecule has 0 spiro atoms. The third-order valence-electron chi connectivity index (χ3n) is 4.11. The average Bonchev–Trinajstić information content (AvgIpc) is 2.67. The lowest BCUT2D eigenvalue weighted by Crippen LogP contribution is -2.01. The lowest BCUT2D eigenvalue weighted by atomic mass is 9.95. The number of rotatable bonds is 5. The largest absolute Gasteiger partial charge is 0.303 e. The molecule has 0 aromatic heterocycles. The molecular weight excluding hydrogens is 296 g/mol. The number of aldehydes is 1. The van der Waals surface area contributed by atoms with Crippen LogP contribution in [0.3, 0.4) is 0 Å². The number of carbonyl (C=O) groups excluding carboxylic acids is 2. The Morgan fingerprint density at radius 1 is 0.792 bits per heavy atom. The maximum Gasteiger partial charge on any atom is 0.193 e. The molecule has 24 heavy (non-hydrogen) atoms. The summed E-state index contributed by atoms with van der Waals surface area (Å²) >= 11 is 0. The van der Waals surface area contributed by atoms with E-state index in [1.807, 2.05) is 85.8 Å². The summed E-state index contributed by atoms with van der Waals surface area (Å²) in [6.45, 7) is 1.88. The molecule has 0 fully saturated rings. The summed E-state index contributed by atoms with van der Waals surface area (Å²) in [5.41, 5.74) is 4.29. The Hall–Kier alpha value is -3.00. The van der Waals surface area contributed by atoms with Gasteiger partial charge in [-0.1, -0.05) is 79.7 Å². The molecule has 0 N–H and O–H groups in total. The Bertz CT molecular complexity index is 866. The highest BCUT2D eigenvalue weighted by Gasteiger charge is 2.10. The zero-order valence-corrected chi connectivity index (χ0v) is 13.5. The van der Waals surface area contributed by atoms with Crippen LogP contribution in [0.15, 0.2) is 78.9 Å². The summed E-state index contributed by atoms with van der Waals surface area (Å²) in [4.78, 5) is 23.6. The van der Waals surface area contributed by atoms with Crippen molar-refractivity contribution in [2.75, 3.05) is 0 Å². The van der Waals surface area contributed by atoms with Crippen molar-refractivity contribution in [2.24, 2.45) is 0 Å². The molecule has 0 saturated heterocycles. The molecule has 1 atom stereocenters. The first-order valence-corrected chi connectivity index (χ1v) is 7.94. The molecule has 3 rings (SSSR count). The van der Waals surface area contributed by atoms with Crippen molar-refractivity contribution in [1.82, 2.24) is 0 Å². The third kappa shape index (κ3) is 3.33. The van der Waals surface area contributed by atoms with Crippen molar-refractivity contribution in [3.8, 4) is 11.1 Å². The summed E-state index contributed by atoms with van der Waals surface area (Å²) in [6.07, 6.45) is 0.939. The standard InChI is InChI=1S/C22H18O2/c1-16(15-23)18-9-5-10-19(13-18)20-11-6-12-21(14-20)22(24)17-7-3-2-4-8-17/h2-16H,1H3. The minimum absolute atomic E-state index is 0.00913. The molecule has 2 heteroatoms. The summed E-state index contributed by atoms with van der Waals surface area (Å²) in [6, 6.07) is 24.7. The van der Waals surface area contributed by atoms with E-state index in [0.717, 1.165) is 23.0 Å². The van der Waals surface area contributed by atoms with Gasteiger partial charge in [-0.3, -0.25) is 4.79 Å². The van der Waals surface area contributed by atoms with Crippen LogP contribution >= 0.6 is 0 Å². The van der Waals surface area contributed by atoms with Gasteiger partial charge in [-0.25, -0.2) is 0 Å². The predicted octanol–water partition coefficient (Wildman–Crippen LogP) is 4.89. The summed E-state index contributed by atoms with van der Waals surface area (Å²) in [7, 11) is 0. The predicted molar refractivity (Wildman–Crippen MR) is 96.2 cm³/mol. The van der Waals surface area contributed by atoms with E-state index in [2.05, 4.69) is 0 Å². The van der Waals surface area contributed by atoms with Crippen LogP contribution in [0.2, 0.25) is 0 Å². The van der Waals surface area contributed by atoms with Gasteiger partial charge in [-0.2, -0.15) is 0 Å². The first-order valence-electron chi connectivity index (χ1n) is 7.94. The monoisotopic (exact) mass is 314 g/mol. The second kappa shape index (κ2) is 7.05. The first kappa shape index (κ1) is 15.9. The van der Waals surface area contributed by atoms with Gasteiger partial charge in [0.2, 0.25) is 0 Å². The molecule has 0 radical (unpaired) electrons. The first-order chi connectivity index (χ1) is 11.7. The normalized spacial score (nSPS) is 11.7. The fourth-order valence-corrected chi connectivity index (χ4v) is 2.68. The fourth-order valence-electron chi connectivity index (χ4n) is 2.68. The van der Waals surface area contributed by atoms with E-state index in [0.29, 0.717) is 11.1 Å². The van der Waals surface area contributed by atoms with E-state index >= 15 is 0 Å². The molecule has 3 aromatic rings. The smallest absolute Gasteiger partial charge is 0.193 e. The highest BCUT2D eigenvalue weighted by molar-refractivity contribution is 6.09. The second-order valence-corrected chi connectivity index (χ2v) is 5.83. The highest BCUT2D eigenvalue weighted by atomic mass is 16.1. The number of benzene rings is 3. The number of hydrogen-bond acceptors (Lipinski definition) is 2. The van der Waals surface area contributed by atoms with Gasteiger partial charge in [0.05, 0.1) is 0 Å². The van der Waals surface area contributed by atoms with Crippen LogP contribution in [-0.2, 0) is 4.79 Å². The van der Waals surface area contributed by atoms with Crippen LogP contribution in [-0.4, -0.2) is 12.1 Å². The molecule has 0 saturated carbocycles. The van der Waals surface area contributed by atoms with Crippen LogP contribution < -0.4 is 0 Å². The minimum atomic E-state index is -0.140. The van der Waals surface area contributed by atoms with Crippen molar-refractivity contribution >= 4 is 12.1 Å². The molecule has 0 aliphatic rings. The summed E-state index contributed by atoms with van der Waals surface area (Å²) in [5, 5.41) is 0. The Morgan fingerprint density at radius 2 is 1.42 bits per heavy atom. The zero-order chi connectivity index (χ0) is 16.9. The average molecular weight is 314 g/mol. The number of ketones is 1. The van der Waals surface area contributed by atoms with Crippen molar-refractivity contribution in [3.05, 3.63) is 95.6 Å². The topological polar surface area (TPSA) is 34.1 Å². The van der Waals surface area contributed by atoms with Gasteiger partial charge in [0, 0.05) is 17.0 Å². The van der Waals surface area contributed by atoms with Crippen molar-refractivity contribution in [3.63, 3.8) is 0 Å². The van der Waals surface area contributed by atoms with E-state index < -0.39 is 0 Å². The van der Waals surface area contributed by atoms with Gasteiger partial charge in [0.1, 0.15) is 6.29 Å². The van der Waals surface area contributed by atoms with Crippen LogP contribution in [0.4, 0.5) is 0 Å². The van der Waals surface area contributed by atoms with E-state index in [9.17, 15) is 9.59 Å². The van der Waals surface area contributed by atoms with E-state index in [1.54, 1.807) is 0 Å². The van der Waals surface area contributed by atoms with Gasteiger partial charge in [-0.05, 0) is 22.8 Å². The molecule has 118 valence electrons. The van der Waals surface area contributed by atoms with Crippen LogP contribution in [0.25, 0.3) is 11.1 Å². The van der Waals surface area contributed by atoms with Gasteiger partial charge in [0.25, 0.3) is 0 Å². The van der Waals surface area contributed by atoms with Crippen molar-refractivity contribution in [2.45, 2.75) is 12.8 Å². The second-order valence-electron chi connectivity index (χ2n) is 5.83. The quantitative estimate of drug-likeness (QED) is 0.496. The van der Waals surface area contributed by atoms with E-state index in [4.69, 9.17) is 0 Å². The Morgan fingerprint density at radius 3 is 2.12 bits per heavy atom. The Balaban J connectivity index is 1.97. The fraction of sp³-hybridized carbons (Fsp3) is 0.0909. The number of hydrogen-bond donors (Lipinski definition) is 0. The van der Waals surface area contributed by atoms with Gasteiger partial charge >= 0.3 is 0 Å². The molecular formula is C22H18O2. The summed E-state index contributed by atoms with van der Waals surface area (Å²) < 4.78 is 0. The highest BCUT2D eigenvalue weighted by Crippen LogP contribution is 2.25. The molecule has 0 aliphatic carbocycles. The lowest BCUT2D eigenvalue weighted by Gasteiger charge is -2.09. The molecule has 0 bridgehead atoms. The van der Waals surface area contributed by atoms with Crippen LogP contribution in [0.1, 0.15) is 34.3 Å². The van der Waals surface area contributed by atoms with Crippen LogP contribution in [0, 0.1) is 0 Å². The zero-order valence-electron chi connectivity index (χ0n) is 13.5. The van der Waals surface area contributed by atoms with E-state index in [1.165, 1.54) is 0 Å². The maximum atomic E-state index is 12.6. The lowest BCUT2D eigenvalue weighted by molar-refractivity contribution is -0.108. The molecule has 0 heterocycles. The molecule has 2 nitrogen and oxygen atoms in total.